The summed E-state index contributed by atoms with van der Waals surface area (Å²) < 4.78 is 7.83. The van der Waals surface area contributed by atoms with E-state index in [2.05, 4.69) is 5.32 Å². The molecule has 0 radical (unpaired) electrons. The SMILES string of the molecule is Cn1cccc1[C@H](O)CCNC(=O)C1c2ccccc2Oc2ccccc21. The van der Waals surface area contributed by atoms with Crippen LogP contribution in [0.1, 0.15) is 35.3 Å². The van der Waals surface area contributed by atoms with E-state index in [1.165, 1.54) is 0 Å². The minimum atomic E-state index is -0.612. The number of benzene rings is 2. The Hall–Kier alpha value is -3.05. The number of carbonyl (C=O) groups excluding carboxylic acids is 1. The second kappa shape index (κ2) is 7.29. The number of aromatic nitrogens is 1. The Morgan fingerprint density at radius 2 is 1.70 bits per heavy atom. The standard InChI is InChI=1S/C22H22N2O3/c1-24-14-6-9-17(24)18(25)12-13-23-22(26)21-15-7-2-4-10-19(15)27-20-11-5-3-8-16(20)21/h2-11,14,18,21,25H,12-13H2,1H3,(H,23,26)/t18-/m1/s1. The van der Waals surface area contributed by atoms with E-state index in [9.17, 15) is 9.90 Å². The van der Waals surface area contributed by atoms with Crippen LogP contribution in [0.4, 0.5) is 0 Å². The van der Waals surface area contributed by atoms with Crippen molar-refractivity contribution in [3.05, 3.63) is 83.7 Å². The average Bonchev–Trinajstić information content (AvgIpc) is 3.11. The summed E-state index contributed by atoms with van der Waals surface area (Å²) in [5.41, 5.74) is 2.55. The van der Waals surface area contributed by atoms with Crippen molar-refractivity contribution in [3.63, 3.8) is 0 Å². The van der Waals surface area contributed by atoms with Gasteiger partial charge >= 0.3 is 0 Å². The molecule has 1 atom stereocenters. The number of rotatable bonds is 5. The van der Waals surface area contributed by atoms with E-state index in [0.717, 1.165) is 16.8 Å². The number of aliphatic hydroxyl groups excluding tert-OH is 1. The average molecular weight is 362 g/mol. The second-order valence-corrected chi connectivity index (χ2v) is 6.75. The van der Waals surface area contributed by atoms with E-state index in [-0.39, 0.29) is 5.91 Å². The van der Waals surface area contributed by atoms with Crippen molar-refractivity contribution >= 4 is 5.91 Å². The van der Waals surface area contributed by atoms with Crippen LogP contribution in [-0.2, 0) is 11.8 Å². The molecule has 4 rings (SSSR count). The van der Waals surface area contributed by atoms with Gasteiger partial charge in [-0.05, 0) is 30.7 Å². The largest absolute Gasteiger partial charge is 0.457 e. The highest BCUT2D eigenvalue weighted by Gasteiger charge is 2.32. The van der Waals surface area contributed by atoms with Gasteiger partial charge in [0.05, 0.1) is 12.0 Å². The number of aliphatic hydroxyl groups is 1. The summed E-state index contributed by atoms with van der Waals surface area (Å²) in [6, 6.07) is 19.0. The minimum Gasteiger partial charge on any atom is -0.457 e. The molecule has 1 aliphatic rings. The fourth-order valence-electron chi connectivity index (χ4n) is 3.59. The monoisotopic (exact) mass is 362 g/mol. The number of hydrogen-bond donors (Lipinski definition) is 2. The Morgan fingerprint density at radius 1 is 1.07 bits per heavy atom. The van der Waals surface area contributed by atoms with Crippen LogP contribution in [0.3, 0.4) is 0 Å². The van der Waals surface area contributed by atoms with E-state index in [0.29, 0.717) is 24.5 Å². The van der Waals surface area contributed by atoms with Crippen molar-refractivity contribution in [3.8, 4) is 11.5 Å². The van der Waals surface area contributed by atoms with Crippen LogP contribution in [0.2, 0.25) is 0 Å². The van der Waals surface area contributed by atoms with Crippen molar-refractivity contribution in [2.24, 2.45) is 7.05 Å². The zero-order chi connectivity index (χ0) is 18.8. The normalized spacial score (nSPS) is 14.0. The van der Waals surface area contributed by atoms with Crippen molar-refractivity contribution in [2.45, 2.75) is 18.4 Å². The van der Waals surface area contributed by atoms with Crippen molar-refractivity contribution in [1.82, 2.24) is 9.88 Å². The highest BCUT2D eigenvalue weighted by atomic mass is 16.5. The molecule has 0 unspecified atom stereocenters. The summed E-state index contributed by atoms with van der Waals surface area (Å²) in [7, 11) is 1.90. The molecule has 0 spiro atoms. The molecular weight excluding hydrogens is 340 g/mol. The zero-order valence-corrected chi connectivity index (χ0v) is 15.1. The summed E-state index contributed by atoms with van der Waals surface area (Å²) in [5, 5.41) is 13.3. The molecule has 1 aromatic heterocycles. The van der Waals surface area contributed by atoms with E-state index in [1.54, 1.807) is 0 Å². The quantitative estimate of drug-likeness (QED) is 0.730. The molecule has 0 saturated carbocycles. The van der Waals surface area contributed by atoms with Gasteiger partial charge in [0.15, 0.2) is 0 Å². The van der Waals surface area contributed by atoms with Gasteiger partial charge in [-0.2, -0.15) is 0 Å². The van der Waals surface area contributed by atoms with Crippen LogP contribution in [0.15, 0.2) is 66.9 Å². The van der Waals surface area contributed by atoms with Crippen LogP contribution in [0.5, 0.6) is 11.5 Å². The minimum absolute atomic E-state index is 0.0859. The molecule has 0 fully saturated rings. The number of amides is 1. The first-order chi connectivity index (χ1) is 13.1. The molecular formula is C22H22N2O3. The van der Waals surface area contributed by atoms with Gasteiger partial charge in [-0.15, -0.1) is 0 Å². The van der Waals surface area contributed by atoms with Crippen LogP contribution in [0, 0.1) is 0 Å². The molecule has 5 heteroatoms. The summed E-state index contributed by atoms with van der Waals surface area (Å²) >= 11 is 0. The van der Waals surface area contributed by atoms with Crippen LogP contribution in [0.25, 0.3) is 0 Å². The number of carbonyl (C=O) groups is 1. The summed E-state index contributed by atoms with van der Waals surface area (Å²) in [5.74, 6) is 0.913. The lowest BCUT2D eigenvalue weighted by atomic mass is 9.87. The Bertz CT molecular complexity index is 918. The molecule has 5 nitrogen and oxygen atoms in total. The van der Waals surface area contributed by atoms with E-state index >= 15 is 0 Å². The number of aryl methyl sites for hydroxylation is 1. The molecule has 3 aromatic rings. The van der Waals surface area contributed by atoms with Crippen LogP contribution in [-0.4, -0.2) is 22.1 Å². The number of para-hydroxylation sites is 2. The predicted molar refractivity (Wildman–Crippen MR) is 103 cm³/mol. The molecule has 2 heterocycles. The van der Waals surface area contributed by atoms with Gasteiger partial charge in [0.1, 0.15) is 11.5 Å². The van der Waals surface area contributed by atoms with Gasteiger partial charge in [-0.25, -0.2) is 0 Å². The maximum atomic E-state index is 13.0. The third kappa shape index (κ3) is 3.34. The molecule has 0 saturated heterocycles. The lowest BCUT2D eigenvalue weighted by molar-refractivity contribution is -0.121. The van der Waals surface area contributed by atoms with E-state index in [4.69, 9.17) is 4.74 Å². The fraction of sp³-hybridized carbons (Fsp3) is 0.227. The van der Waals surface area contributed by atoms with Gasteiger partial charge in [0.25, 0.3) is 0 Å². The third-order valence-corrected chi connectivity index (χ3v) is 4.98. The molecule has 1 aliphatic heterocycles. The zero-order valence-electron chi connectivity index (χ0n) is 15.1. The molecule has 2 N–H and O–H groups in total. The highest BCUT2D eigenvalue weighted by molar-refractivity contribution is 5.89. The number of fused-ring (bicyclic) bond motifs is 2. The Kier molecular flexibility index (Phi) is 4.69. The van der Waals surface area contributed by atoms with Gasteiger partial charge in [-0.3, -0.25) is 4.79 Å². The molecule has 0 aliphatic carbocycles. The third-order valence-electron chi connectivity index (χ3n) is 4.98. The van der Waals surface area contributed by atoms with Crippen molar-refractivity contribution < 1.29 is 14.6 Å². The highest BCUT2D eigenvalue weighted by Crippen LogP contribution is 2.43. The number of nitrogens with zero attached hydrogens (tertiary/aromatic N) is 1. The van der Waals surface area contributed by atoms with Crippen LogP contribution >= 0.6 is 0 Å². The Labute approximate surface area is 158 Å². The molecule has 27 heavy (non-hydrogen) atoms. The number of hydrogen-bond acceptors (Lipinski definition) is 3. The second-order valence-electron chi connectivity index (χ2n) is 6.75. The van der Waals surface area contributed by atoms with Gasteiger partial charge in [0, 0.05) is 36.6 Å². The van der Waals surface area contributed by atoms with E-state index < -0.39 is 12.0 Å². The summed E-state index contributed by atoms with van der Waals surface area (Å²) in [6.45, 7) is 0.396. The van der Waals surface area contributed by atoms with Crippen molar-refractivity contribution in [2.75, 3.05) is 6.54 Å². The van der Waals surface area contributed by atoms with E-state index in [1.807, 2.05) is 78.5 Å². The summed E-state index contributed by atoms with van der Waals surface area (Å²) in [6.07, 6.45) is 1.74. The lowest BCUT2D eigenvalue weighted by Gasteiger charge is -2.27. The fourth-order valence-corrected chi connectivity index (χ4v) is 3.59. The lowest BCUT2D eigenvalue weighted by Crippen LogP contribution is -2.33. The Balaban J connectivity index is 1.50. The molecule has 138 valence electrons. The van der Waals surface area contributed by atoms with Gasteiger partial charge < -0.3 is 19.7 Å². The van der Waals surface area contributed by atoms with Gasteiger partial charge in [-0.1, -0.05) is 36.4 Å². The van der Waals surface area contributed by atoms with Crippen molar-refractivity contribution in [1.29, 1.82) is 0 Å². The molecule has 2 aromatic carbocycles. The topological polar surface area (TPSA) is 63.5 Å². The first-order valence-electron chi connectivity index (χ1n) is 9.08. The Morgan fingerprint density at radius 3 is 2.30 bits per heavy atom. The summed E-state index contributed by atoms with van der Waals surface area (Å²) in [4.78, 5) is 13.0. The molecule has 0 bridgehead atoms. The van der Waals surface area contributed by atoms with Gasteiger partial charge in [0.2, 0.25) is 5.91 Å². The maximum Gasteiger partial charge on any atom is 0.232 e. The maximum absolute atomic E-state index is 13.0. The predicted octanol–water partition coefficient (Wildman–Crippen LogP) is 3.50. The first-order valence-corrected chi connectivity index (χ1v) is 9.08. The van der Waals surface area contributed by atoms with Crippen LogP contribution < -0.4 is 10.1 Å². The smallest absolute Gasteiger partial charge is 0.232 e. The number of nitrogens with one attached hydrogen (secondary N) is 1. The molecule has 1 amide bonds. The first kappa shape index (κ1) is 17.4. The number of ether oxygens (including phenoxy) is 1.